The van der Waals surface area contributed by atoms with Crippen molar-refractivity contribution in [3.8, 4) is 0 Å². The van der Waals surface area contributed by atoms with Gasteiger partial charge < -0.3 is 14.6 Å². The van der Waals surface area contributed by atoms with Crippen LogP contribution in [0.5, 0.6) is 0 Å². The average molecular weight is 316 g/mol. The zero-order valence-corrected chi connectivity index (χ0v) is 13.5. The molecular formula is C14H24N2O6. The molecule has 0 aromatic heterocycles. The molecule has 1 unspecified atom stereocenters. The molecule has 0 aromatic carbocycles. The summed E-state index contributed by atoms with van der Waals surface area (Å²) in [6.07, 6.45) is -0.834. The van der Waals surface area contributed by atoms with E-state index < -0.39 is 29.6 Å². The maximum Gasteiger partial charge on any atom is 0.417 e. The highest BCUT2D eigenvalue weighted by atomic mass is 16.6. The summed E-state index contributed by atoms with van der Waals surface area (Å²) in [6.45, 7) is 7.74. The van der Waals surface area contributed by atoms with Gasteiger partial charge in [-0.3, -0.25) is 14.5 Å². The van der Waals surface area contributed by atoms with Crippen LogP contribution in [0, 0.1) is 0 Å². The van der Waals surface area contributed by atoms with Gasteiger partial charge in [-0.1, -0.05) is 0 Å². The summed E-state index contributed by atoms with van der Waals surface area (Å²) in [4.78, 5) is 37.8. The van der Waals surface area contributed by atoms with E-state index in [1.54, 1.807) is 25.7 Å². The number of amides is 2. The SMILES string of the molecule is CC(=O)N(CC(C(=O)O)N1CCOCC1)C(=O)OC(C)(C)C. The lowest BCUT2D eigenvalue weighted by atomic mass is 10.2. The Balaban J connectivity index is 2.83. The number of aliphatic carboxylic acids is 1. The molecule has 0 bridgehead atoms. The van der Waals surface area contributed by atoms with E-state index in [9.17, 15) is 19.5 Å². The molecule has 1 atom stereocenters. The minimum absolute atomic E-state index is 0.250. The summed E-state index contributed by atoms with van der Waals surface area (Å²) >= 11 is 0. The fraction of sp³-hybridized carbons (Fsp3) is 0.786. The van der Waals surface area contributed by atoms with Crippen LogP contribution in [-0.2, 0) is 19.1 Å². The zero-order valence-electron chi connectivity index (χ0n) is 13.5. The van der Waals surface area contributed by atoms with E-state index in [2.05, 4.69) is 0 Å². The van der Waals surface area contributed by atoms with Gasteiger partial charge in [0.25, 0.3) is 0 Å². The Bertz CT molecular complexity index is 426. The highest BCUT2D eigenvalue weighted by Gasteiger charge is 2.34. The molecule has 1 fully saturated rings. The maximum absolute atomic E-state index is 12.1. The van der Waals surface area contributed by atoms with E-state index in [0.717, 1.165) is 4.90 Å². The predicted molar refractivity (Wildman–Crippen MR) is 77.4 cm³/mol. The largest absolute Gasteiger partial charge is 0.480 e. The Kier molecular flexibility index (Phi) is 6.31. The van der Waals surface area contributed by atoms with Gasteiger partial charge in [0.15, 0.2) is 0 Å². The molecular weight excluding hydrogens is 292 g/mol. The zero-order chi connectivity index (χ0) is 16.9. The van der Waals surface area contributed by atoms with Crippen LogP contribution in [0.4, 0.5) is 4.79 Å². The van der Waals surface area contributed by atoms with Gasteiger partial charge in [0.05, 0.1) is 19.8 Å². The Morgan fingerprint density at radius 3 is 2.23 bits per heavy atom. The number of carboxylic acids is 1. The van der Waals surface area contributed by atoms with Crippen molar-refractivity contribution < 1.29 is 29.0 Å². The van der Waals surface area contributed by atoms with Crippen molar-refractivity contribution in [3.05, 3.63) is 0 Å². The van der Waals surface area contributed by atoms with E-state index in [-0.39, 0.29) is 6.54 Å². The first-order valence-corrected chi connectivity index (χ1v) is 7.17. The molecule has 0 radical (unpaired) electrons. The van der Waals surface area contributed by atoms with Crippen LogP contribution in [0.15, 0.2) is 0 Å². The standard InChI is InChI=1S/C14H24N2O6/c1-10(17)16(13(20)22-14(2,3)4)9-11(12(18)19)15-5-7-21-8-6-15/h11H,5-9H2,1-4H3,(H,18,19). The first kappa shape index (κ1) is 18.4. The van der Waals surface area contributed by atoms with Crippen molar-refractivity contribution in [2.75, 3.05) is 32.8 Å². The number of carboxylic acid groups (broad SMARTS) is 1. The van der Waals surface area contributed by atoms with Crippen molar-refractivity contribution in [1.82, 2.24) is 9.80 Å². The fourth-order valence-electron chi connectivity index (χ4n) is 2.06. The Labute approximate surface area is 130 Å². The number of hydrogen-bond acceptors (Lipinski definition) is 6. The van der Waals surface area contributed by atoms with Crippen LogP contribution >= 0.6 is 0 Å². The lowest BCUT2D eigenvalue weighted by Crippen LogP contribution is -2.54. The number of imide groups is 1. The monoisotopic (exact) mass is 316 g/mol. The van der Waals surface area contributed by atoms with Crippen LogP contribution in [-0.4, -0.2) is 77.4 Å². The van der Waals surface area contributed by atoms with E-state index in [0.29, 0.717) is 26.3 Å². The molecule has 22 heavy (non-hydrogen) atoms. The third kappa shape index (κ3) is 5.61. The number of carbonyl (C=O) groups is 3. The van der Waals surface area contributed by atoms with Crippen molar-refractivity contribution in [1.29, 1.82) is 0 Å². The molecule has 1 aliphatic heterocycles. The fourth-order valence-corrected chi connectivity index (χ4v) is 2.06. The van der Waals surface area contributed by atoms with Gasteiger partial charge in [-0.05, 0) is 20.8 Å². The van der Waals surface area contributed by atoms with E-state index in [1.165, 1.54) is 6.92 Å². The molecule has 0 aromatic rings. The van der Waals surface area contributed by atoms with Crippen LogP contribution in [0.2, 0.25) is 0 Å². The molecule has 8 nitrogen and oxygen atoms in total. The Hall–Kier alpha value is -1.67. The van der Waals surface area contributed by atoms with Gasteiger partial charge in [-0.15, -0.1) is 0 Å². The minimum Gasteiger partial charge on any atom is -0.480 e. The number of nitrogens with zero attached hydrogens (tertiary/aromatic N) is 2. The van der Waals surface area contributed by atoms with Gasteiger partial charge in [0, 0.05) is 20.0 Å². The summed E-state index contributed by atoms with van der Waals surface area (Å²) in [5.74, 6) is -1.63. The van der Waals surface area contributed by atoms with E-state index in [4.69, 9.17) is 9.47 Å². The third-order valence-electron chi connectivity index (χ3n) is 3.12. The predicted octanol–water partition coefficient (Wildman–Crippen LogP) is 0.555. The van der Waals surface area contributed by atoms with Gasteiger partial charge in [-0.25, -0.2) is 9.69 Å². The highest BCUT2D eigenvalue weighted by Crippen LogP contribution is 2.13. The molecule has 1 saturated heterocycles. The average Bonchev–Trinajstić information content (AvgIpc) is 2.37. The van der Waals surface area contributed by atoms with Crippen molar-refractivity contribution in [3.63, 3.8) is 0 Å². The van der Waals surface area contributed by atoms with Gasteiger partial charge in [0.1, 0.15) is 11.6 Å². The second-order valence-electron chi connectivity index (χ2n) is 6.11. The molecule has 1 rings (SSSR count). The topological polar surface area (TPSA) is 96.4 Å². The third-order valence-corrected chi connectivity index (χ3v) is 3.12. The van der Waals surface area contributed by atoms with Gasteiger partial charge in [0.2, 0.25) is 5.91 Å². The molecule has 0 saturated carbocycles. The van der Waals surface area contributed by atoms with Crippen LogP contribution < -0.4 is 0 Å². The first-order valence-electron chi connectivity index (χ1n) is 7.17. The lowest BCUT2D eigenvalue weighted by Gasteiger charge is -2.34. The normalized spacial score (nSPS) is 17.6. The lowest BCUT2D eigenvalue weighted by molar-refractivity contribution is -0.146. The minimum atomic E-state index is -1.09. The summed E-state index contributed by atoms with van der Waals surface area (Å²) in [5.41, 5.74) is -0.761. The van der Waals surface area contributed by atoms with Crippen LogP contribution in [0.1, 0.15) is 27.7 Å². The smallest absolute Gasteiger partial charge is 0.417 e. The summed E-state index contributed by atoms with van der Waals surface area (Å²) in [6, 6.07) is -0.972. The molecule has 2 amide bonds. The molecule has 0 aliphatic carbocycles. The summed E-state index contributed by atoms with van der Waals surface area (Å²) in [7, 11) is 0. The Morgan fingerprint density at radius 1 is 1.27 bits per heavy atom. The summed E-state index contributed by atoms with van der Waals surface area (Å²) in [5, 5.41) is 9.40. The molecule has 1 aliphatic rings. The van der Waals surface area contributed by atoms with Gasteiger partial charge in [-0.2, -0.15) is 0 Å². The number of morpholine rings is 1. The molecule has 1 heterocycles. The second-order valence-corrected chi connectivity index (χ2v) is 6.11. The number of rotatable bonds is 4. The van der Waals surface area contributed by atoms with E-state index >= 15 is 0 Å². The number of carbonyl (C=O) groups excluding carboxylic acids is 2. The van der Waals surface area contributed by atoms with Crippen molar-refractivity contribution in [2.45, 2.75) is 39.3 Å². The molecule has 0 spiro atoms. The van der Waals surface area contributed by atoms with Crippen LogP contribution in [0.25, 0.3) is 0 Å². The van der Waals surface area contributed by atoms with Crippen molar-refractivity contribution in [2.24, 2.45) is 0 Å². The second kappa shape index (κ2) is 7.55. The molecule has 126 valence electrons. The van der Waals surface area contributed by atoms with E-state index in [1.807, 2.05) is 0 Å². The van der Waals surface area contributed by atoms with Crippen molar-refractivity contribution >= 4 is 18.0 Å². The highest BCUT2D eigenvalue weighted by molar-refractivity contribution is 5.91. The number of hydrogen-bond donors (Lipinski definition) is 1. The number of ether oxygens (including phenoxy) is 2. The Morgan fingerprint density at radius 2 is 1.82 bits per heavy atom. The van der Waals surface area contributed by atoms with Gasteiger partial charge >= 0.3 is 12.1 Å². The summed E-state index contributed by atoms with van der Waals surface area (Å²) < 4.78 is 10.3. The van der Waals surface area contributed by atoms with Crippen LogP contribution in [0.3, 0.4) is 0 Å². The maximum atomic E-state index is 12.1. The quantitative estimate of drug-likeness (QED) is 0.809. The first-order chi connectivity index (χ1) is 10.1. The molecule has 1 N–H and O–H groups in total. The molecule has 8 heteroatoms.